The summed E-state index contributed by atoms with van der Waals surface area (Å²) in [5, 5.41) is 2.99. The Hall–Kier alpha value is -0.280. The summed E-state index contributed by atoms with van der Waals surface area (Å²) in [6.45, 7) is 6.97. The third-order valence-electron chi connectivity index (χ3n) is 3.40. The quantitative estimate of drug-likeness (QED) is 0.756. The number of hydrogen-bond donors (Lipinski definition) is 2. The Morgan fingerprint density at radius 2 is 2.00 bits per heavy atom. The second-order valence-corrected chi connectivity index (χ2v) is 5.24. The monoisotopic (exact) mass is 248 g/mol. The van der Waals surface area contributed by atoms with Crippen LogP contribution in [0.1, 0.15) is 46.5 Å². The molecule has 0 unspecified atom stereocenters. The molecule has 0 radical (unpaired) electrons. The molecule has 1 atom stereocenters. The normalized spacial score (nSPS) is 18.8. The predicted octanol–water partition coefficient (Wildman–Crippen LogP) is 2.09. The molecule has 0 aliphatic heterocycles. The maximum atomic E-state index is 11.6. The lowest BCUT2D eigenvalue weighted by Crippen LogP contribution is -2.45. The molecule has 4 heteroatoms. The molecular weight excluding hydrogens is 224 g/mol. The average molecular weight is 249 g/mol. The number of nitrogens with two attached hydrogens (primary N) is 1. The predicted molar refractivity (Wildman–Crippen MR) is 69.6 cm³/mol. The van der Waals surface area contributed by atoms with Crippen LogP contribution in [0.2, 0.25) is 0 Å². The SMILES string of the molecule is CCCC1(CNC(=O)[C@H](N)C(C)C)CC1.Cl. The fraction of sp³-hybridized carbons (Fsp3) is 0.917. The number of hydrogen-bond acceptors (Lipinski definition) is 2. The maximum absolute atomic E-state index is 11.6. The van der Waals surface area contributed by atoms with Gasteiger partial charge in [-0.05, 0) is 30.6 Å². The molecule has 3 N–H and O–H groups in total. The molecule has 96 valence electrons. The minimum Gasteiger partial charge on any atom is -0.354 e. The lowest BCUT2D eigenvalue weighted by Gasteiger charge is -2.19. The van der Waals surface area contributed by atoms with Crippen molar-refractivity contribution in [1.82, 2.24) is 5.32 Å². The minimum absolute atomic E-state index is 0. The highest BCUT2D eigenvalue weighted by atomic mass is 35.5. The van der Waals surface area contributed by atoms with Gasteiger partial charge in [0.2, 0.25) is 5.91 Å². The van der Waals surface area contributed by atoms with E-state index < -0.39 is 0 Å². The highest BCUT2D eigenvalue weighted by Gasteiger charge is 2.41. The van der Waals surface area contributed by atoms with Crippen molar-refractivity contribution in [2.75, 3.05) is 6.54 Å². The van der Waals surface area contributed by atoms with Gasteiger partial charge in [-0.3, -0.25) is 4.79 Å². The van der Waals surface area contributed by atoms with E-state index in [9.17, 15) is 4.79 Å². The molecule has 0 aromatic carbocycles. The summed E-state index contributed by atoms with van der Waals surface area (Å²) in [6, 6.07) is -0.359. The van der Waals surface area contributed by atoms with Crippen molar-refractivity contribution in [2.45, 2.75) is 52.5 Å². The van der Waals surface area contributed by atoms with Gasteiger partial charge in [0.05, 0.1) is 6.04 Å². The molecule has 1 fully saturated rings. The van der Waals surface area contributed by atoms with Crippen LogP contribution in [0.25, 0.3) is 0 Å². The number of halogens is 1. The van der Waals surface area contributed by atoms with Gasteiger partial charge in [0, 0.05) is 6.54 Å². The standard InChI is InChI=1S/C12H24N2O.ClH/c1-4-5-12(6-7-12)8-14-11(15)10(13)9(2)3;/h9-10H,4-8,13H2,1-3H3,(H,14,15);1H/t10-;/m1./s1. The van der Waals surface area contributed by atoms with Crippen molar-refractivity contribution in [3.63, 3.8) is 0 Å². The Kier molecular flexibility index (Phi) is 6.34. The van der Waals surface area contributed by atoms with Gasteiger partial charge < -0.3 is 11.1 Å². The van der Waals surface area contributed by atoms with E-state index in [0.717, 1.165) is 6.54 Å². The fourth-order valence-electron chi connectivity index (χ4n) is 1.92. The first kappa shape index (κ1) is 15.7. The van der Waals surface area contributed by atoms with Crippen LogP contribution in [0.4, 0.5) is 0 Å². The van der Waals surface area contributed by atoms with Gasteiger partial charge in [-0.1, -0.05) is 27.2 Å². The summed E-state index contributed by atoms with van der Waals surface area (Å²) in [7, 11) is 0. The highest BCUT2D eigenvalue weighted by Crippen LogP contribution is 2.48. The lowest BCUT2D eigenvalue weighted by atomic mass is 10.00. The van der Waals surface area contributed by atoms with E-state index in [2.05, 4.69) is 12.2 Å². The Balaban J connectivity index is 0.00000225. The summed E-state index contributed by atoms with van der Waals surface area (Å²) in [6.07, 6.45) is 4.95. The number of amides is 1. The van der Waals surface area contributed by atoms with Crippen LogP contribution in [0, 0.1) is 11.3 Å². The molecule has 3 nitrogen and oxygen atoms in total. The Morgan fingerprint density at radius 1 is 1.44 bits per heavy atom. The average Bonchev–Trinajstić information content (AvgIpc) is 2.94. The third-order valence-corrected chi connectivity index (χ3v) is 3.40. The van der Waals surface area contributed by atoms with Crippen LogP contribution < -0.4 is 11.1 Å². The van der Waals surface area contributed by atoms with Crippen molar-refractivity contribution in [1.29, 1.82) is 0 Å². The smallest absolute Gasteiger partial charge is 0.237 e. The number of rotatable bonds is 6. The third kappa shape index (κ3) is 4.30. The van der Waals surface area contributed by atoms with Crippen LogP contribution in [-0.4, -0.2) is 18.5 Å². The molecule has 0 heterocycles. The second kappa shape index (κ2) is 6.45. The lowest BCUT2D eigenvalue weighted by molar-refractivity contribution is -0.123. The van der Waals surface area contributed by atoms with Crippen molar-refractivity contribution < 1.29 is 4.79 Å². The van der Waals surface area contributed by atoms with E-state index in [1.54, 1.807) is 0 Å². The molecular formula is C12H25ClN2O. The van der Waals surface area contributed by atoms with Crippen molar-refractivity contribution in [2.24, 2.45) is 17.1 Å². The topological polar surface area (TPSA) is 55.1 Å². The summed E-state index contributed by atoms with van der Waals surface area (Å²) < 4.78 is 0. The molecule has 16 heavy (non-hydrogen) atoms. The maximum Gasteiger partial charge on any atom is 0.237 e. The molecule has 0 spiro atoms. The largest absolute Gasteiger partial charge is 0.354 e. The van der Waals surface area contributed by atoms with E-state index in [4.69, 9.17) is 5.73 Å². The van der Waals surface area contributed by atoms with E-state index >= 15 is 0 Å². The Bertz CT molecular complexity index is 227. The second-order valence-electron chi connectivity index (χ2n) is 5.24. The molecule has 1 aliphatic carbocycles. The van der Waals surface area contributed by atoms with Gasteiger partial charge in [0.25, 0.3) is 0 Å². The van der Waals surface area contributed by atoms with Gasteiger partial charge in [0.15, 0.2) is 0 Å². The van der Waals surface area contributed by atoms with E-state index in [1.165, 1.54) is 25.7 Å². The summed E-state index contributed by atoms with van der Waals surface area (Å²) in [5.74, 6) is 0.221. The van der Waals surface area contributed by atoms with Gasteiger partial charge in [-0.15, -0.1) is 12.4 Å². The molecule has 0 aromatic heterocycles. The molecule has 1 aliphatic rings. The van der Waals surface area contributed by atoms with Crippen LogP contribution >= 0.6 is 12.4 Å². The van der Waals surface area contributed by atoms with E-state index in [1.807, 2.05) is 13.8 Å². The minimum atomic E-state index is -0.359. The summed E-state index contributed by atoms with van der Waals surface area (Å²) in [5.41, 5.74) is 6.19. The Labute approximate surface area is 105 Å². The molecule has 1 amide bonds. The zero-order chi connectivity index (χ0) is 11.5. The van der Waals surface area contributed by atoms with Crippen molar-refractivity contribution in [3.8, 4) is 0 Å². The van der Waals surface area contributed by atoms with Gasteiger partial charge >= 0.3 is 0 Å². The molecule has 1 rings (SSSR count). The molecule has 0 aromatic rings. The number of carbonyl (C=O) groups is 1. The zero-order valence-electron chi connectivity index (χ0n) is 10.6. The number of carbonyl (C=O) groups excluding carboxylic acids is 1. The van der Waals surface area contributed by atoms with Crippen LogP contribution in [0.5, 0.6) is 0 Å². The van der Waals surface area contributed by atoms with Crippen LogP contribution in [0.15, 0.2) is 0 Å². The van der Waals surface area contributed by atoms with Gasteiger partial charge in [-0.25, -0.2) is 0 Å². The zero-order valence-corrected chi connectivity index (χ0v) is 11.4. The fourth-order valence-corrected chi connectivity index (χ4v) is 1.92. The van der Waals surface area contributed by atoms with Crippen molar-refractivity contribution >= 4 is 18.3 Å². The highest BCUT2D eigenvalue weighted by molar-refractivity contribution is 5.85. The number of nitrogens with one attached hydrogen (secondary N) is 1. The Morgan fingerprint density at radius 3 is 2.38 bits per heavy atom. The van der Waals surface area contributed by atoms with Crippen molar-refractivity contribution in [3.05, 3.63) is 0 Å². The van der Waals surface area contributed by atoms with Crippen LogP contribution in [-0.2, 0) is 4.79 Å². The van der Waals surface area contributed by atoms with E-state index in [-0.39, 0.29) is 30.3 Å². The van der Waals surface area contributed by atoms with Gasteiger partial charge in [0.1, 0.15) is 0 Å². The van der Waals surface area contributed by atoms with Crippen LogP contribution in [0.3, 0.4) is 0 Å². The first-order valence-electron chi connectivity index (χ1n) is 6.04. The molecule has 1 saturated carbocycles. The van der Waals surface area contributed by atoms with Gasteiger partial charge in [-0.2, -0.15) is 0 Å². The molecule has 0 bridgehead atoms. The first-order valence-corrected chi connectivity index (χ1v) is 6.04. The molecule has 0 saturated heterocycles. The summed E-state index contributed by atoms with van der Waals surface area (Å²) >= 11 is 0. The summed E-state index contributed by atoms with van der Waals surface area (Å²) in [4.78, 5) is 11.6. The first-order chi connectivity index (χ1) is 7.01. The van der Waals surface area contributed by atoms with E-state index in [0.29, 0.717) is 5.41 Å².